The number of carbonyl (C=O) groups is 1. The molecule has 2 aliphatic rings. The van der Waals surface area contributed by atoms with Crippen molar-refractivity contribution in [1.29, 1.82) is 0 Å². The molecule has 0 radical (unpaired) electrons. The van der Waals surface area contributed by atoms with E-state index in [9.17, 15) is 4.79 Å². The summed E-state index contributed by atoms with van der Waals surface area (Å²) in [5.74, 6) is 3.25. The molecule has 0 aromatic heterocycles. The van der Waals surface area contributed by atoms with Gasteiger partial charge in [0.1, 0.15) is 11.9 Å². The number of hydrogen-bond donors (Lipinski definition) is 0. The van der Waals surface area contributed by atoms with Gasteiger partial charge in [-0.1, -0.05) is 24.3 Å². The lowest BCUT2D eigenvalue weighted by molar-refractivity contribution is -0.126. The average Bonchev–Trinajstić information content (AvgIpc) is 3.09. The standard InChI is InChI=1S/C36H48N3O6S/c1-26-28-12-7-8-15-33(28)46-39(2,36(26)40)29-13-11-14-30(41-3)34(29)45-23-10-9-17-37-19-21-38(22-20-37)18-16-27-24-31(42-4)35(44-6)32(25-27)43-5/h7-8,11-15,24-26H,9-10,16-23H2,1-6H3/q+1. The Morgan fingerprint density at radius 1 is 0.783 bits per heavy atom. The van der Waals surface area contributed by atoms with E-state index in [1.165, 1.54) is 5.56 Å². The first-order chi connectivity index (χ1) is 22.3. The Balaban J connectivity index is 1.10. The van der Waals surface area contributed by atoms with Gasteiger partial charge in [0, 0.05) is 38.8 Å². The van der Waals surface area contributed by atoms with Crippen LogP contribution in [0.5, 0.6) is 28.7 Å². The highest BCUT2D eigenvalue weighted by atomic mass is 32.2. The molecule has 1 fully saturated rings. The Kier molecular flexibility index (Phi) is 11.4. The summed E-state index contributed by atoms with van der Waals surface area (Å²) in [4.78, 5) is 19.9. The van der Waals surface area contributed by atoms with Crippen LogP contribution in [-0.4, -0.2) is 97.1 Å². The van der Waals surface area contributed by atoms with Gasteiger partial charge in [0.05, 0.1) is 52.9 Å². The van der Waals surface area contributed by atoms with Crippen LogP contribution in [0.3, 0.4) is 0 Å². The molecule has 9 nitrogen and oxygen atoms in total. The molecule has 0 aliphatic carbocycles. The molecule has 248 valence electrons. The number of amides is 1. The van der Waals surface area contributed by atoms with Gasteiger partial charge in [0.2, 0.25) is 11.5 Å². The normalized spacial score (nSPS) is 20.2. The largest absolute Gasteiger partial charge is 0.493 e. The molecule has 3 aromatic rings. The van der Waals surface area contributed by atoms with Crippen molar-refractivity contribution in [3.8, 4) is 28.7 Å². The van der Waals surface area contributed by atoms with Gasteiger partial charge in [0.25, 0.3) is 0 Å². The van der Waals surface area contributed by atoms with E-state index >= 15 is 0 Å². The van der Waals surface area contributed by atoms with Gasteiger partial charge in [-0.05, 0) is 68.1 Å². The van der Waals surface area contributed by atoms with Gasteiger partial charge in [-0.15, -0.1) is 0 Å². The Hall–Kier alpha value is -3.44. The molecule has 5 rings (SSSR count). The fraction of sp³-hybridized carbons (Fsp3) is 0.472. The summed E-state index contributed by atoms with van der Waals surface area (Å²) in [6.45, 7) is 8.80. The Morgan fingerprint density at radius 3 is 2.09 bits per heavy atom. The second-order valence-electron chi connectivity index (χ2n) is 11.9. The number of methoxy groups -OCH3 is 4. The van der Waals surface area contributed by atoms with Crippen molar-refractivity contribution in [3.63, 3.8) is 0 Å². The summed E-state index contributed by atoms with van der Waals surface area (Å²) in [5.41, 5.74) is 3.07. The number of likely N-dealkylation sites (N-methyl/N-ethyl adjacent to an activating group) is 1. The lowest BCUT2D eigenvalue weighted by Crippen LogP contribution is -2.48. The van der Waals surface area contributed by atoms with Crippen molar-refractivity contribution in [3.05, 3.63) is 65.7 Å². The summed E-state index contributed by atoms with van der Waals surface area (Å²) < 4.78 is 28.7. The molecule has 0 bridgehead atoms. The molecule has 1 saturated heterocycles. The fourth-order valence-corrected chi connectivity index (χ4v) is 7.77. The quantitative estimate of drug-likeness (QED) is 0.118. The van der Waals surface area contributed by atoms with Crippen LogP contribution in [0.4, 0.5) is 5.69 Å². The maximum Gasteiger partial charge on any atom is 0.337 e. The number of nitrogens with zero attached hydrogens (tertiary/aromatic N) is 3. The average molecular weight is 651 g/mol. The topological polar surface area (TPSA) is 69.7 Å². The maximum absolute atomic E-state index is 13.8. The third kappa shape index (κ3) is 7.25. The minimum absolute atomic E-state index is 0.0779. The monoisotopic (exact) mass is 650 g/mol. The molecule has 2 unspecified atom stereocenters. The second-order valence-corrected chi connectivity index (χ2v) is 13.3. The molecule has 2 aliphatic heterocycles. The highest BCUT2D eigenvalue weighted by Gasteiger charge is 2.48. The van der Waals surface area contributed by atoms with Crippen LogP contribution in [0, 0.1) is 0 Å². The lowest BCUT2D eigenvalue weighted by atomic mass is 9.99. The molecular weight excluding hydrogens is 602 g/mol. The highest BCUT2D eigenvalue weighted by molar-refractivity contribution is 7.99. The molecular formula is C36H48N3O6S+. The third-order valence-electron chi connectivity index (χ3n) is 9.12. The molecule has 0 spiro atoms. The zero-order valence-corrected chi connectivity index (χ0v) is 28.9. The van der Waals surface area contributed by atoms with E-state index in [0.29, 0.717) is 35.4 Å². The lowest BCUT2D eigenvalue weighted by Gasteiger charge is -2.36. The van der Waals surface area contributed by atoms with Crippen LogP contribution in [0.25, 0.3) is 0 Å². The molecule has 10 heteroatoms. The molecule has 2 heterocycles. The summed E-state index contributed by atoms with van der Waals surface area (Å²) in [6, 6.07) is 18.1. The summed E-state index contributed by atoms with van der Waals surface area (Å²) in [5, 5.41) is 0. The van der Waals surface area contributed by atoms with Gasteiger partial charge in [-0.25, -0.2) is 4.79 Å². The van der Waals surface area contributed by atoms with E-state index in [-0.39, 0.29) is 15.7 Å². The molecule has 2 atom stereocenters. The van der Waals surface area contributed by atoms with E-state index in [4.69, 9.17) is 23.7 Å². The first-order valence-corrected chi connectivity index (χ1v) is 16.8. The van der Waals surface area contributed by atoms with E-state index in [2.05, 4.69) is 21.9 Å². The molecule has 3 aromatic carbocycles. The highest BCUT2D eigenvalue weighted by Crippen LogP contribution is 2.51. The minimum atomic E-state index is -0.212. The Morgan fingerprint density at radius 2 is 1.43 bits per heavy atom. The van der Waals surface area contributed by atoms with Crippen LogP contribution in [0.2, 0.25) is 0 Å². The number of unbranched alkanes of at least 4 members (excludes halogenated alkanes) is 1. The smallest absolute Gasteiger partial charge is 0.337 e. The molecule has 1 amide bonds. The predicted octanol–water partition coefficient (Wildman–Crippen LogP) is 6.03. The third-order valence-corrected chi connectivity index (χ3v) is 10.4. The van der Waals surface area contributed by atoms with Crippen molar-refractivity contribution in [2.45, 2.75) is 37.0 Å². The van der Waals surface area contributed by atoms with Crippen LogP contribution in [0.1, 0.15) is 36.8 Å². The zero-order valence-electron chi connectivity index (χ0n) is 28.0. The first-order valence-electron chi connectivity index (χ1n) is 16.1. The summed E-state index contributed by atoms with van der Waals surface area (Å²) in [7, 11) is 8.55. The Bertz CT molecular complexity index is 1470. The number of fused-ring (bicyclic) bond motifs is 1. The van der Waals surface area contributed by atoms with E-state index in [0.717, 1.165) is 74.7 Å². The van der Waals surface area contributed by atoms with Crippen LogP contribution in [0.15, 0.2) is 59.5 Å². The number of benzene rings is 3. The fourth-order valence-electron chi connectivity index (χ4n) is 6.39. The number of rotatable bonds is 14. The number of carbonyl (C=O) groups excluding carboxylic acids is 1. The van der Waals surface area contributed by atoms with Crippen LogP contribution in [-0.2, 0) is 11.2 Å². The SMILES string of the molecule is COc1cc(CCN2CCN(CCCCOc3c(OC)cccc3[N+]3(C)Sc4ccccc4C(C)C3=O)CC2)cc(OC)c1OC. The maximum atomic E-state index is 13.8. The van der Waals surface area contributed by atoms with Crippen molar-refractivity contribution >= 4 is 23.5 Å². The van der Waals surface area contributed by atoms with Crippen molar-refractivity contribution in [2.75, 3.05) is 81.4 Å². The van der Waals surface area contributed by atoms with Gasteiger partial charge in [0.15, 0.2) is 22.9 Å². The molecule has 0 N–H and O–H groups in total. The summed E-state index contributed by atoms with van der Waals surface area (Å²) >= 11 is 1.55. The van der Waals surface area contributed by atoms with E-state index in [1.807, 2.05) is 56.4 Å². The number of para-hydroxylation sites is 1. The first kappa shape index (κ1) is 33.9. The number of piperazine rings is 1. The van der Waals surface area contributed by atoms with Gasteiger partial charge >= 0.3 is 5.91 Å². The van der Waals surface area contributed by atoms with Crippen molar-refractivity contribution in [2.24, 2.45) is 0 Å². The Labute approximate surface area is 278 Å². The number of quaternary nitrogens is 1. The van der Waals surface area contributed by atoms with Gasteiger partial charge in [-0.3, -0.25) is 0 Å². The second kappa shape index (κ2) is 15.4. The van der Waals surface area contributed by atoms with Crippen LogP contribution < -0.4 is 27.6 Å². The predicted molar refractivity (Wildman–Crippen MR) is 184 cm³/mol. The van der Waals surface area contributed by atoms with Gasteiger partial charge < -0.3 is 33.5 Å². The van der Waals surface area contributed by atoms with Crippen molar-refractivity contribution in [1.82, 2.24) is 13.7 Å². The van der Waals surface area contributed by atoms with E-state index in [1.54, 1.807) is 40.4 Å². The van der Waals surface area contributed by atoms with Crippen LogP contribution >= 0.6 is 11.9 Å². The minimum Gasteiger partial charge on any atom is -0.493 e. The van der Waals surface area contributed by atoms with Crippen molar-refractivity contribution < 1.29 is 28.5 Å². The summed E-state index contributed by atoms with van der Waals surface area (Å²) in [6.07, 6.45) is 2.88. The van der Waals surface area contributed by atoms with Gasteiger partial charge in [-0.2, -0.15) is 3.89 Å². The number of hydrogen-bond acceptors (Lipinski definition) is 9. The number of ether oxygens (including phenoxy) is 5. The zero-order chi connectivity index (χ0) is 32.7. The van der Waals surface area contributed by atoms with E-state index < -0.39 is 0 Å². The molecule has 46 heavy (non-hydrogen) atoms. The molecule has 0 saturated carbocycles.